The molecule has 0 bridgehead atoms. The summed E-state index contributed by atoms with van der Waals surface area (Å²) < 4.78 is 22.6. The number of carbonyl (C=O) groups excluding carboxylic acids is 1. The van der Waals surface area contributed by atoms with E-state index in [1.807, 2.05) is 35.2 Å². The van der Waals surface area contributed by atoms with Crippen molar-refractivity contribution >= 4 is 23.0 Å². The van der Waals surface area contributed by atoms with Crippen molar-refractivity contribution < 1.29 is 13.9 Å². The van der Waals surface area contributed by atoms with Crippen molar-refractivity contribution in [3.8, 4) is 16.5 Å². The van der Waals surface area contributed by atoms with Crippen LogP contribution >= 0.6 is 11.3 Å². The molecule has 0 aliphatic carbocycles. The number of carbonyl (C=O) groups is 1. The van der Waals surface area contributed by atoms with Gasteiger partial charge in [-0.2, -0.15) is 0 Å². The van der Waals surface area contributed by atoms with Crippen LogP contribution in [0.5, 0.6) is 5.75 Å². The molecule has 0 radical (unpaired) electrons. The van der Waals surface area contributed by atoms with E-state index in [9.17, 15) is 14.0 Å². The number of imidazole rings is 1. The van der Waals surface area contributed by atoms with Gasteiger partial charge in [-0.1, -0.05) is 42.5 Å². The van der Waals surface area contributed by atoms with E-state index in [0.29, 0.717) is 22.9 Å². The summed E-state index contributed by atoms with van der Waals surface area (Å²) in [5.74, 6) is 0.174. The molecule has 4 heterocycles. The van der Waals surface area contributed by atoms with E-state index in [1.165, 1.54) is 27.9 Å². The highest BCUT2D eigenvalue weighted by Crippen LogP contribution is 2.31. The maximum Gasteiger partial charge on any atom is 0.302 e. The zero-order valence-electron chi connectivity index (χ0n) is 22.7. The molecule has 6 rings (SSSR count). The Morgan fingerprint density at radius 3 is 2.66 bits per heavy atom. The first-order valence-electron chi connectivity index (χ1n) is 13.7. The third kappa shape index (κ3) is 5.78. The second kappa shape index (κ2) is 11.7. The number of ether oxygens (including phenoxy) is 1. The van der Waals surface area contributed by atoms with Crippen LogP contribution in [0.1, 0.15) is 42.2 Å². The molecule has 0 spiro atoms. The minimum absolute atomic E-state index is 0.00587. The fourth-order valence-electron chi connectivity index (χ4n) is 5.19. The molecule has 1 aliphatic heterocycles. The first-order chi connectivity index (χ1) is 20.0. The number of thiazole rings is 1. The first-order valence-corrected chi connectivity index (χ1v) is 14.5. The third-order valence-electron chi connectivity index (χ3n) is 7.41. The van der Waals surface area contributed by atoms with Crippen LogP contribution in [-0.2, 0) is 24.4 Å². The molecule has 210 valence electrons. The van der Waals surface area contributed by atoms with Gasteiger partial charge in [0.05, 0.1) is 0 Å². The zero-order valence-corrected chi connectivity index (χ0v) is 23.5. The van der Waals surface area contributed by atoms with Crippen molar-refractivity contribution in [1.82, 2.24) is 23.8 Å². The molecule has 2 aromatic carbocycles. The lowest BCUT2D eigenvalue weighted by atomic mass is 10.0. The van der Waals surface area contributed by atoms with E-state index in [-0.39, 0.29) is 42.2 Å². The minimum atomic E-state index is -0.367. The summed E-state index contributed by atoms with van der Waals surface area (Å²) in [6, 6.07) is 16.1. The van der Waals surface area contributed by atoms with Gasteiger partial charge in [0.2, 0.25) is 17.4 Å². The number of piperidine rings is 1. The van der Waals surface area contributed by atoms with Crippen LogP contribution in [0.2, 0.25) is 0 Å². The number of hydrogen-bond donors (Lipinski definition) is 0. The van der Waals surface area contributed by atoms with Crippen molar-refractivity contribution in [3.05, 3.63) is 105 Å². The van der Waals surface area contributed by atoms with E-state index in [1.54, 1.807) is 35.3 Å². The number of aromatic nitrogens is 4. The van der Waals surface area contributed by atoms with Crippen molar-refractivity contribution in [2.45, 2.75) is 51.8 Å². The zero-order chi connectivity index (χ0) is 28.3. The lowest BCUT2D eigenvalue weighted by Crippen LogP contribution is -2.43. The van der Waals surface area contributed by atoms with Gasteiger partial charge in [-0.05, 0) is 49.4 Å². The topological polar surface area (TPSA) is 81.7 Å². The second-order valence-corrected chi connectivity index (χ2v) is 11.4. The molecule has 1 amide bonds. The summed E-state index contributed by atoms with van der Waals surface area (Å²) in [5.41, 5.74) is 1.83. The van der Waals surface area contributed by atoms with E-state index in [4.69, 9.17) is 9.72 Å². The highest BCUT2D eigenvalue weighted by atomic mass is 32.1. The largest absolute Gasteiger partial charge is 0.481 e. The predicted octanol–water partition coefficient (Wildman–Crippen LogP) is 5.33. The molecule has 41 heavy (non-hydrogen) atoms. The SMILES string of the molecule is CC1CCCCN1C(=O)Cn1ccn2c(=O)c(OCc3ccccc3)c(-c3ncc(Cc4ccc(F)cc4)s3)nc12. The van der Waals surface area contributed by atoms with Gasteiger partial charge in [0.1, 0.15) is 24.0 Å². The lowest BCUT2D eigenvalue weighted by Gasteiger charge is -2.33. The molecule has 8 nitrogen and oxygen atoms in total. The maximum atomic E-state index is 13.8. The van der Waals surface area contributed by atoms with E-state index >= 15 is 0 Å². The molecule has 1 atom stereocenters. The van der Waals surface area contributed by atoms with E-state index in [0.717, 1.165) is 41.8 Å². The molecule has 0 saturated carbocycles. The second-order valence-electron chi connectivity index (χ2n) is 10.3. The Labute approximate surface area is 240 Å². The molecule has 1 unspecified atom stereocenters. The van der Waals surface area contributed by atoms with Gasteiger partial charge < -0.3 is 14.2 Å². The van der Waals surface area contributed by atoms with Crippen LogP contribution < -0.4 is 10.3 Å². The highest BCUT2D eigenvalue weighted by molar-refractivity contribution is 7.15. The van der Waals surface area contributed by atoms with E-state index < -0.39 is 0 Å². The number of nitrogens with zero attached hydrogens (tertiary/aromatic N) is 5. The van der Waals surface area contributed by atoms with Crippen molar-refractivity contribution in [2.75, 3.05) is 6.54 Å². The summed E-state index contributed by atoms with van der Waals surface area (Å²) in [7, 11) is 0. The minimum Gasteiger partial charge on any atom is -0.481 e. The number of hydrogen-bond acceptors (Lipinski definition) is 6. The Balaban J connectivity index is 1.36. The quantitative estimate of drug-likeness (QED) is 0.252. The van der Waals surface area contributed by atoms with Crippen molar-refractivity contribution in [3.63, 3.8) is 0 Å². The lowest BCUT2D eigenvalue weighted by molar-refractivity contribution is -0.135. The average Bonchev–Trinajstić information content (AvgIpc) is 3.61. The third-order valence-corrected chi connectivity index (χ3v) is 8.41. The maximum absolute atomic E-state index is 13.8. The number of likely N-dealkylation sites (tertiary alicyclic amines) is 1. The van der Waals surface area contributed by atoms with Gasteiger partial charge in [0.25, 0.3) is 0 Å². The molecule has 1 aliphatic rings. The summed E-state index contributed by atoms with van der Waals surface area (Å²) in [4.78, 5) is 39.3. The van der Waals surface area contributed by atoms with Gasteiger partial charge in [-0.25, -0.2) is 18.8 Å². The normalized spacial score (nSPS) is 15.4. The van der Waals surface area contributed by atoms with Crippen LogP contribution in [-0.4, -0.2) is 42.3 Å². The van der Waals surface area contributed by atoms with Crippen LogP contribution in [0, 0.1) is 5.82 Å². The van der Waals surface area contributed by atoms with Crippen molar-refractivity contribution in [1.29, 1.82) is 0 Å². The standard InChI is InChI=1S/C31H30FN5O3S/c1-21-7-5-6-14-36(21)26(38)19-35-15-16-37-30(39)28(40-20-23-8-3-2-4-9-23)27(34-31(35)37)29-33-18-25(41-29)17-22-10-12-24(32)13-11-22/h2-4,8-13,15-16,18,21H,5-7,14,17,19-20H2,1H3. The monoisotopic (exact) mass is 571 g/mol. The Morgan fingerprint density at radius 2 is 1.88 bits per heavy atom. The van der Waals surface area contributed by atoms with Gasteiger partial charge in [-0.3, -0.25) is 9.59 Å². The Bertz CT molecular complexity index is 1730. The molecule has 1 fully saturated rings. The number of rotatable bonds is 8. The molecular formula is C31H30FN5O3S. The summed E-state index contributed by atoms with van der Waals surface area (Å²) >= 11 is 1.40. The molecule has 5 aromatic rings. The summed E-state index contributed by atoms with van der Waals surface area (Å²) in [6.45, 7) is 3.10. The van der Waals surface area contributed by atoms with Gasteiger partial charge in [0.15, 0.2) is 5.69 Å². The number of amides is 1. The number of benzene rings is 2. The fourth-order valence-corrected chi connectivity index (χ4v) is 6.13. The molecular weight excluding hydrogens is 541 g/mol. The fraction of sp³-hybridized carbons (Fsp3) is 0.290. The smallest absolute Gasteiger partial charge is 0.302 e. The molecule has 10 heteroatoms. The Morgan fingerprint density at radius 1 is 1.07 bits per heavy atom. The van der Waals surface area contributed by atoms with Crippen LogP contribution in [0.3, 0.4) is 0 Å². The van der Waals surface area contributed by atoms with Crippen LogP contribution in [0.15, 0.2) is 78.0 Å². The van der Waals surface area contributed by atoms with Gasteiger partial charge in [0, 0.05) is 42.5 Å². The Kier molecular flexibility index (Phi) is 7.65. The molecule has 0 N–H and O–H groups in total. The van der Waals surface area contributed by atoms with Crippen LogP contribution in [0.25, 0.3) is 16.5 Å². The number of fused-ring (bicyclic) bond motifs is 1. The summed E-state index contributed by atoms with van der Waals surface area (Å²) in [5, 5.41) is 0.536. The number of halogens is 1. The average molecular weight is 572 g/mol. The van der Waals surface area contributed by atoms with E-state index in [2.05, 4.69) is 11.9 Å². The Hall–Kier alpha value is -4.31. The molecule has 3 aromatic heterocycles. The van der Waals surface area contributed by atoms with Crippen molar-refractivity contribution in [2.24, 2.45) is 0 Å². The first kappa shape index (κ1) is 26.9. The highest BCUT2D eigenvalue weighted by Gasteiger charge is 2.25. The predicted molar refractivity (Wildman–Crippen MR) is 156 cm³/mol. The van der Waals surface area contributed by atoms with Gasteiger partial charge >= 0.3 is 5.56 Å². The van der Waals surface area contributed by atoms with Crippen LogP contribution in [0.4, 0.5) is 4.39 Å². The summed E-state index contributed by atoms with van der Waals surface area (Å²) in [6.07, 6.45) is 8.76. The molecule has 1 saturated heterocycles. The van der Waals surface area contributed by atoms with Gasteiger partial charge in [-0.15, -0.1) is 11.3 Å².